The Bertz CT molecular complexity index is 972. The lowest BCUT2D eigenvalue weighted by atomic mass is 9.87. The number of aliphatic hydroxyl groups excluding tert-OH is 1. The molecule has 0 saturated heterocycles. The molecule has 3 heterocycles. The van der Waals surface area contributed by atoms with Crippen molar-refractivity contribution < 1.29 is 5.11 Å². The van der Waals surface area contributed by atoms with Crippen molar-refractivity contribution in [1.29, 1.82) is 0 Å². The maximum absolute atomic E-state index is 10.5. The lowest BCUT2D eigenvalue weighted by molar-refractivity contribution is 0.139. The van der Waals surface area contributed by atoms with E-state index in [-0.39, 0.29) is 5.41 Å². The first kappa shape index (κ1) is 19.2. The van der Waals surface area contributed by atoms with Crippen molar-refractivity contribution in [3.63, 3.8) is 0 Å². The van der Waals surface area contributed by atoms with E-state index in [0.717, 1.165) is 41.4 Å². The predicted molar refractivity (Wildman–Crippen MR) is 113 cm³/mol. The molecule has 3 N–H and O–H groups in total. The summed E-state index contributed by atoms with van der Waals surface area (Å²) >= 11 is 1.41. The molecule has 7 nitrogen and oxygen atoms in total. The van der Waals surface area contributed by atoms with Crippen molar-refractivity contribution in [2.24, 2.45) is 0 Å². The zero-order valence-electron chi connectivity index (χ0n) is 16.4. The molecule has 8 heteroatoms. The van der Waals surface area contributed by atoms with Crippen LogP contribution in [0.5, 0.6) is 0 Å². The number of aromatic nitrogens is 3. The smallest absolute Gasteiger partial charge is 0.164 e. The minimum atomic E-state index is -0.800. The van der Waals surface area contributed by atoms with Crippen LogP contribution < -0.4 is 15.5 Å². The lowest BCUT2D eigenvalue weighted by Gasteiger charge is -2.21. The van der Waals surface area contributed by atoms with E-state index in [1.165, 1.54) is 16.9 Å². The number of fused-ring (bicyclic) bond motifs is 2. The summed E-state index contributed by atoms with van der Waals surface area (Å²) in [7, 11) is 1.92. The molecule has 1 aliphatic heterocycles. The molecule has 28 heavy (non-hydrogen) atoms. The van der Waals surface area contributed by atoms with Gasteiger partial charge >= 0.3 is 0 Å². The molecule has 148 valence electrons. The second-order valence-electron chi connectivity index (χ2n) is 7.70. The summed E-state index contributed by atoms with van der Waals surface area (Å²) in [5, 5.41) is 17.3. The molecule has 0 amide bonds. The number of nitrogens with one attached hydrogen (secondary N) is 2. The molecule has 1 aliphatic rings. The maximum atomic E-state index is 10.5. The summed E-state index contributed by atoms with van der Waals surface area (Å²) in [5.41, 5.74) is 3.24. The molecule has 0 saturated carbocycles. The van der Waals surface area contributed by atoms with Gasteiger partial charge in [0.05, 0.1) is 0 Å². The fraction of sp³-hybridized carbons (Fsp3) is 0.450. The van der Waals surface area contributed by atoms with Gasteiger partial charge in [-0.1, -0.05) is 43.4 Å². The summed E-state index contributed by atoms with van der Waals surface area (Å²) in [4.78, 5) is 16.7. The largest absolute Gasteiger partial charge is 0.372 e. The number of aliphatic hydroxyl groups is 1. The molecule has 3 aromatic rings. The number of nitrogens with zero attached hydrogens (tertiary/aromatic N) is 4. The number of thiazole rings is 1. The first-order chi connectivity index (χ1) is 13.5. The summed E-state index contributed by atoms with van der Waals surface area (Å²) in [5.74, 6) is 0.799. The van der Waals surface area contributed by atoms with Gasteiger partial charge in [-0.15, -0.1) is 0 Å². The van der Waals surface area contributed by atoms with Crippen molar-refractivity contribution in [2.75, 3.05) is 31.6 Å². The van der Waals surface area contributed by atoms with Crippen LogP contribution in [0, 0.1) is 0 Å². The van der Waals surface area contributed by atoms with Gasteiger partial charge in [0.2, 0.25) is 0 Å². The van der Waals surface area contributed by atoms with E-state index in [0.29, 0.717) is 11.6 Å². The van der Waals surface area contributed by atoms with Crippen molar-refractivity contribution in [3.8, 4) is 0 Å². The third kappa shape index (κ3) is 3.48. The van der Waals surface area contributed by atoms with Crippen molar-refractivity contribution >= 4 is 33.2 Å². The molecule has 0 radical (unpaired) electrons. The molecule has 0 spiro atoms. The van der Waals surface area contributed by atoms with E-state index in [4.69, 9.17) is 4.98 Å². The van der Waals surface area contributed by atoms with Crippen LogP contribution in [0.1, 0.15) is 37.1 Å². The number of rotatable bonds is 7. The monoisotopic (exact) mass is 398 g/mol. The van der Waals surface area contributed by atoms with Gasteiger partial charge in [0, 0.05) is 17.6 Å². The first-order valence-corrected chi connectivity index (χ1v) is 10.4. The highest BCUT2D eigenvalue weighted by Crippen LogP contribution is 2.45. The van der Waals surface area contributed by atoms with Crippen LogP contribution in [0.4, 0.5) is 11.5 Å². The average Bonchev–Trinajstić information content (AvgIpc) is 3.24. The molecule has 1 unspecified atom stereocenters. The van der Waals surface area contributed by atoms with Crippen LogP contribution >= 0.6 is 11.3 Å². The Balaban J connectivity index is 1.65. The Morgan fingerprint density at radius 3 is 2.89 bits per heavy atom. The Kier molecular flexibility index (Phi) is 5.29. The van der Waals surface area contributed by atoms with Crippen molar-refractivity contribution in [3.05, 3.63) is 41.2 Å². The van der Waals surface area contributed by atoms with Gasteiger partial charge in [-0.25, -0.2) is 15.0 Å². The Morgan fingerprint density at radius 2 is 2.07 bits per heavy atom. The molecule has 4 rings (SSSR count). The number of benzene rings is 1. The predicted octanol–water partition coefficient (Wildman–Crippen LogP) is 2.71. The maximum Gasteiger partial charge on any atom is 0.164 e. The number of para-hydroxylation sites is 1. The third-order valence-corrected chi connectivity index (χ3v) is 6.12. The SMILES string of the molecule is CNCCCNC(O)c1nc2c(N3CC(C)(C)c4ccccc43)ncnc2s1. The molecular formula is C20H26N6OS. The van der Waals surface area contributed by atoms with Gasteiger partial charge in [0.15, 0.2) is 12.0 Å². The Hall–Kier alpha value is -2.13. The number of hydrogen-bond donors (Lipinski definition) is 3. The van der Waals surface area contributed by atoms with Crippen LogP contribution in [0.15, 0.2) is 30.6 Å². The molecule has 2 aromatic heterocycles. The summed E-state index contributed by atoms with van der Waals surface area (Å²) in [6.45, 7) is 6.94. The molecule has 1 aromatic carbocycles. The fourth-order valence-corrected chi connectivity index (χ4v) is 4.56. The van der Waals surface area contributed by atoms with E-state index in [9.17, 15) is 5.11 Å². The van der Waals surface area contributed by atoms with E-state index < -0.39 is 6.23 Å². The van der Waals surface area contributed by atoms with Crippen LogP contribution in [0.2, 0.25) is 0 Å². The average molecular weight is 399 g/mol. The van der Waals surface area contributed by atoms with E-state index in [1.807, 2.05) is 7.05 Å². The highest BCUT2D eigenvalue weighted by atomic mass is 32.1. The van der Waals surface area contributed by atoms with Gasteiger partial charge in [-0.3, -0.25) is 5.32 Å². The van der Waals surface area contributed by atoms with Crippen LogP contribution in [0.25, 0.3) is 10.3 Å². The molecule has 0 aliphatic carbocycles. The summed E-state index contributed by atoms with van der Waals surface area (Å²) < 4.78 is 0. The van der Waals surface area contributed by atoms with Gasteiger partial charge in [0.25, 0.3) is 0 Å². The van der Waals surface area contributed by atoms with Crippen LogP contribution in [-0.2, 0) is 5.41 Å². The molecular weight excluding hydrogens is 372 g/mol. The number of anilines is 2. The quantitative estimate of drug-likeness (QED) is 0.417. The molecule has 0 bridgehead atoms. The first-order valence-electron chi connectivity index (χ1n) is 9.56. The van der Waals surface area contributed by atoms with Gasteiger partial charge in [0.1, 0.15) is 21.7 Å². The summed E-state index contributed by atoms with van der Waals surface area (Å²) in [6.07, 6.45) is 1.72. The topological polar surface area (TPSA) is 86.2 Å². The van der Waals surface area contributed by atoms with E-state index in [1.54, 1.807) is 6.33 Å². The highest BCUT2D eigenvalue weighted by Gasteiger charge is 2.37. The van der Waals surface area contributed by atoms with Crippen LogP contribution in [-0.4, -0.2) is 46.7 Å². The van der Waals surface area contributed by atoms with E-state index in [2.05, 4.69) is 63.6 Å². The Labute approximate surface area is 168 Å². The minimum Gasteiger partial charge on any atom is -0.372 e. The molecule has 1 atom stereocenters. The van der Waals surface area contributed by atoms with E-state index >= 15 is 0 Å². The second-order valence-corrected chi connectivity index (χ2v) is 8.71. The van der Waals surface area contributed by atoms with Crippen molar-refractivity contribution in [2.45, 2.75) is 31.9 Å². The lowest BCUT2D eigenvalue weighted by Crippen LogP contribution is -2.26. The van der Waals surface area contributed by atoms with Crippen LogP contribution in [0.3, 0.4) is 0 Å². The minimum absolute atomic E-state index is 0.0289. The molecule has 0 fully saturated rings. The zero-order chi connectivity index (χ0) is 19.7. The van der Waals surface area contributed by atoms with Crippen molar-refractivity contribution in [1.82, 2.24) is 25.6 Å². The third-order valence-electron chi connectivity index (χ3n) is 5.10. The van der Waals surface area contributed by atoms with Gasteiger partial charge < -0.3 is 15.3 Å². The Morgan fingerprint density at radius 1 is 1.25 bits per heavy atom. The summed E-state index contributed by atoms with van der Waals surface area (Å²) in [6, 6.07) is 8.44. The normalized spacial score (nSPS) is 16.5. The standard InChI is InChI=1S/C20H26N6OS/c1-20(2)11-26(14-8-5-4-7-13(14)20)16-15-18(24-12-23-16)28-19(25-15)17(27)22-10-6-9-21-3/h4-5,7-8,12,17,21-22,27H,6,9-11H2,1-3H3. The zero-order valence-corrected chi connectivity index (χ0v) is 17.3. The second kappa shape index (κ2) is 7.71. The van der Waals surface area contributed by atoms with Gasteiger partial charge in [-0.2, -0.15) is 0 Å². The highest BCUT2D eigenvalue weighted by molar-refractivity contribution is 7.18. The van der Waals surface area contributed by atoms with Gasteiger partial charge in [-0.05, 0) is 38.2 Å². The fourth-order valence-electron chi connectivity index (χ4n) is 3.70. The number of hydrogen-bond acceptors (Lipinski definition) is 8.